The monoisotopic (exact) mass is 316 g/mol. The molecule has 0 amide bonds. The first-order chi connectivity index (χ1) is 10.5. The molecule has 7 atom stereocenters. The number of aliphatic hydroxyl groups excluding tert-OH is 5. The molecular weight excluding hydrogens is 296 g/mol. The molecule has 2 aliphatic rings. The highest BCUT2D eigenvalue weighted by atomic mass is 16.6. The Hall–Kier alpha value is -1.14. The first-order valence-corrected chi connectivity index (χ1v) is 7.16. The van der Waals surface area contributed by atoms with Gasteiger partial charge in [-0.25, -0.2) is 4.68 Å². The first-order valence-electron chi connectivity index (χ1n) is 7.16. The van der Waals surface area contributed by atoms with E-state index in [1.807, 2.05) is 0 Å². The van der Waals surface area contributed by atoms with E-state index >= 15 is 0 Å². The van der Waals surface area contributed by atoms with Crippen LogP contribution < -0.4 is 5.32 Å². The minimum Gasteiger partial charge on any atom is -0.394 e. The summed E-state index contributed by atoms with van der Waals surface area (Å²) >= 11 is 0. The van der Waals surface area contributed by atoms with Crippen molar-refractivity contribution in [3.05, 3.63) is 11.9 Å². The van der Waals surface area contributed by atoms with Crippen LogP contribution in [0.15, 0.2) is 6.20 Å². The third-order valence-electron chi connectivity index (χ3n) is 4.16. The molecule has 3 rings (SSSR count). The molecular formula is C12H20N4O6. The summed E-state index contributed by atoms with van der Waals surface area (Å²) in [6.45, 7) is 0.157. The summed E-state index contributed by atoms with van der Waals surface area (Å²) in [4.78, 5) is 0. The summed E-state index contributed by atoms with van der Waals surface area (Å²) in [6.07, 6.45) is -4.87. The fourth-order valence-corrected chi connectivity index (χ4v) is 2.85. The number of aromatic nitrogens is 3. The Balaban J connectivity index is 1.80. The van der Waals surface area contributed by atoms with E-state index in [4.69, 9.17) is 4.74 Å². The van der Waals surface area contributed by atoms with Crippen LogP contribution in [-0.2, 0) is 4.74 Å². The lowest BCUT2D eigenvalue weighted by molar-refractivity contribution is -0.254. The summed E-state index contributed by atoms with van der Waals surface area (Å²) in [5.41, 5.74) is 0.488. The topological polar surface area (TPSA) is 153 Å². The maximum absolute atomic E-state index is 10.0. The van der Waals surface area contributed by atoms with Gasteiger partial charge in [-0.3, -0.25) is 0 Å². The number of hydrogen-bond acceptors (Lipinski definition) is 9. The van der Waals surface area contributed by atoms with Crippen LogP contribution in [0.5, 0.6) is 0 Å². The molecule has 0 saturated carbocycles. The van der Waals surface area contributed by atoms with Crippen molar-refractivity contribution in [1.82, 2.24) is 20.3 Å². The van der Waals surface area contributed by atoms with Gasteiger partial charge in [0.05, 0.1) is 24.9 Å². The van der Waals surface area contributed by atoms with Crippen molar-refractivity contribution >= 4 is 0 Å². The van der Waals surface area contributed by atoms with Crippen LogP contribution >= 0.6 is 0 Å². The Kier molecular flexibility index (Phi) is 4.41. The summed E-state index contributed by atoms with van der Waals surface area (Å²) in [5, 5.41) is 59.5. The van der Waals surface area contributed by atoms with Gasteiger partial charge in [0.2, 0.25) is 0 Å². The highest BCUT2D eigenvalue weighted by Crippen LogP contribution is 2.29. The largest absolute Gasteiger partial charge is 0.394 e. The van der Waals surface area contributed by atoms with Crippen molar-refractivity contribution in [3.63, 3.8) is 0 Å². The normalized spacial score (nSPS) is 42.7. The zero-order chi connectivity index (χ0) is 15.9. The highest BCUT2D eigenvalue weighted by Gasteiger charge is 2.45. The number of hydrogen-bond donors (Lipinski definition) is 6. The molecule has 2 aliphatic heterocycles. The van der Waals surface area contributed by atoms with Crippen LogP contribution in [0.2, 0.25) is 0 Å². The van der Waals surface area contributed by atoms with Gasteiger partial charge in [0.1, 0.15) is 30.1 Å². The first kappa shape index (κ1) is 15.7. The van der Waals surface area contributed by atoms with Gasteiger partial charge >= 0.3 is 0 Å². The van der Waals surface area contributed by atoms with Crippen molar-refractivity contribution in [1.29, 1.82) is 0 Å². The molecule has 2 saturated heterocycles. The van der Waals surface area contributed by atoms with Gasteiger partial charge in [0.15, 0.2) is 6.23 Å². The van der Waals surface area contributed by atoms with Crippen LogP contribution in [0, 0.1) is 0 Å². The summed E-state index contributed by atoms with van der Waals surface area (Å²) in [7, 11) is 0. The molecule has 1 aromatic rings. The van der Waals surface area contributed by atoms with Crippen LogP contribution in [0.25, 0.3) is 0 Å². The fourth-order valence-electron chi connectivity index (χ4n) is 2.85. The van der Waals surface area contributed by atoms with Crippen LogP contribution in [0.3, 0.4) is 0 Å². The summed E-state index contributed by atoms with van der Waals surface area (Å²) < 4.78 is 6.60. The molecule has 3 heterocycles. The molecule has 0 radical (unpaired) electrons. The number of rotatable bonds is 3. The maximum Gasteiger partial charge on any atom is 0.180 e. The van der Waals surface area contributed by atoms with E-state index in [1.54, 1.807) is 0 Å². The van der Waals surface area contributed by atoms with Crippen molar-refractivity contribution in [3.8, 4) is 0 Å². The van der Waals surface area contributed by atoms with Gasteiger partial charge in [-0.15, -0.1) is 5.10 Å². The lowest BCUT2D eigenvalue weighted by Crippen LogP contribution is -2.56. The lowest BCUT2D eigenvalue weighted by atomic mass is 9.98. The third-order valence-corrected chi connectivity index (χ3v) is 4.16. The van der Waals surface area contributed by atoms with Gasteiger partial charge in [-0.2, -0.15) is 0 Å². The molecule has 0 bridgehead atoms. The molecule has 6 N–H and O–H groups in total. The SMILES string of the molecule is OCC1O[C@@H](n2cc([C@H]3NCC[C@@H]3O)nn2)C(O)C(O)[C@@H]1O. The van der Waals surface area contributed by atoms with E-state index in [0.717, 1.165) is 0 Å². The zero-order valence-electron chi connectivity index (χ0n) is 11.7. The van der Waals surface area contributed by atoms with Crippen LogP contribution in [-0.4, -0.2) is 84.2 Å². The molecule has 10 heteroatoms. The second kappa shape index (κ2) is 6.16. The van der Waals surface area contributed by atoms with Crippen molar-refractivity contribution in [2.24, 2.45) is 0 Å². The molecule has 3 unspecified atom stereocenters. The van der Waals surface area contributed by atoms with E-state index < -0.39 is 43.4 Å². The Morgan fingerprint density at radius 1 is 1.23 bits per heavy atom. The molecule has 124 valence electrons. The highest BCUT2D eigenvalue weighted by molar-refractivity contribution is 5.07. The van der Waals surface area contributed by atoms with E-state index in [-0.39, 0.29) is 6.04 Å². The minimum absolute atomic E-state index is 0.348. The van der Waals surface area contributed by atoms with Gasteiger partial charge in [0.25, 0.3) is 0 Å². The predicted molar refractivity (Wildman–Crippen MR) is 70.4 cm³/mol. The summed E-state index contributed by atoms with van der Waals surface area (Å²) in [5.74, 6) is 0. The van der Waals surface area contributed by atoms with E-state index in [0.29, 0.717) is 18.7 Å². The standard InChI is InChI=1S/C12H20N4O6/c17-4-7-9(19)10(20)11(21)12(22-7)16-3-5(14-15-16)8-6(18)1-2-13-8/h3,6-13,17-21H,1-2,4H2/t6-,7?,8+,9+,10?,11?,12+/m0/s1. The second-order valence-corrected chi connectivity index (χ2v) is 5.63. The molecule has 22 heavy (non-hydrogen) atoms. The van der Waals surface area contributed by atoms with Crippen molar-refractivity contribution in [2.75, 3.05) is 13.2 Å². The molecule has 10 nitrogen and oxygen atoms in total. The Labute approximate surface area is 125 Å². The maximum atomic E-state index is 10.0. The number of ether oxygens (including phenoxy) is 1. The fraction of sp³-hybridized carbons (Fsp3) is 0.833. The zero-order valence-corrected chi connectivity index (χ0v) is 11.7. The molecule has 2 fully saturated rings. The van der Waals surface area contributed by atoms with Crippen LogP contribution in [0.4, 0.5) is 0 Å². The Bertz CT molecular complexity index is 512. The van der Waals surface area contributed by atoms with Gasteiger partial charge < -0.3 is 35.6 Å². The van der Waals surface area contributed by atoms with Gasteiger partial charge in [-0.05, 0) is 13.0 Å². The lowest BCUT2D eigenvalue weighted by Gasteiger charge is -2.39. The van der Waals surface area contributed by atoms with E-state index in [9.17, 15) is 25.5 Å². The van der Waals surface area contributed by atoms with E-state index in [1.165, 1.54) is 10.9 Å². The van der Waals surface area contributed by atoms with Gasteiger partial charge in [0, 0.05) is 0 Å². The number of nitrogens with one attached hydrogen (secondary N) is 1. The minimum atomic E-state index is -1.47. The number of nitrogens with zero attached hydrogens (tertiary/aromatic N) is 3. The quantitative estimate of drug-likeness (QED) is 0.336. The van der Waals surface area contributed by atoms with Gasteiger partial charge in [-0.1, -0.05) is 5.21 Å². The molecule has 1 aromatic heterocycles. The van der Waals surface area contributed by atoms with Crippen molar-refractivity contribution < 1.29 is 30.3 Å². The van der Waals surface area contributed by atoms with E-state index in [2.05, 4.69) is 15.6 Å². The molecule has 0 spiro atoms. The predicted octanol–water partition coefficient (Wildman–Crippen LogP) is -3.35. The smallest absolute Gasteiger partial charge is 0.180 e. The molecule has 0 aliphatic carbocycles. The second-order valence-electron chi connectivity index (χ2n) is 5.63. The average Bonchev–Trinajstić information content (AvgIpc) is 3.14. The van der Waals surface area contributed by atoms with Crippen LogP contribution in [0.1, 0.15) is 24.4 Å². The third kappa shape index (κ3) is 2.63. The Morgan fingerprint density at radius 3 is 2.64 bits per heavy atom. The Morgan fingerprint density at radius 2 is 2.00 bits per heavy atom. The summed E-state index contributed by atoms with van der Waals surface area (Å²) in [6, 6.07) is -0.348. The molecule has 0 aromatic carbocycles. The number of aliphatic hydroxyl groups is 5. The average molecular weight is 316 g/mol. The van der Waals surface area contributed by atoms with Crippen molar-refractivity contribution in [2.45, 2.75) is 49.2 Å².